The Balaban J connectivity index is 1.37. The summed E-state index contributed by atoms with van der Waals surface area (Å²) >= 11 is 18.6. The molecule has 2 aliphatic rings. The molecule has 37 heavy (non-hydrogen) atoms. The highest BCUT2D eigenvalue weighted by atomic mass is 35.5. The Morgan fingerprint density at radius 2 is 1.27 bits per heavy atom. The highest BCUT2D eigenvalue weighted by Crippen LogP contribution is 2.29. The average molecular weight is 567 g/mol. The van der Waals surface area contributed by atoms with Crippen molar-refractivity contribution >= 4 is 58.2 Å². The summed E-state index contributed by atoms with van der Waals surface area (Å²) in [6.45, 7) is 13.0. The van der Waals surface area contributed by atoms with Crippen molar-refractivity contribution in [2.24, 2.45) is 9.98 Å². The molecule has 0 radical (unpaired) electrons. The molecule has 0 aliphatic carbocycles. The molecule has 10 heteroatoms. The van der Waals surface area contributed by atoms with Gasteiger partial charge in [-0.15, -0.1) is 0 Å². The van der Waals surface area contributed by atoms with Gasteiger partial charge in [0, 0.05) is 41.6 Å². The quantitative estimate of drug-likeness (QED) is 0.413. The fraction of sp³-hybridized carbons (Fsp3) is 0.481. The first-order valence-corrected chi connectivity index (χ1v) is 13.7. The lowest BCUT2D eigenvalue weighted by Gasteiger charge is -2.30. The predicted molar refractivity (Wildman–Crippen MR) is 155 cm³/mol. The number of nitrogens with zero attached hydrogens (tertiary/aromatic N) is 4. The van der Waals surface area contributed by atoms with Crippen LogP contribution < -0.4 is 15.1 Å². The van der Waals surface area contributed by atoms with E-state index in [4.69, 9.17) is 54.3 Å². The van der Waals surface area contributed by atoms with Gasteiger partial charge in [-0.2, -0.15) is 0 Å². The standard InChI is InChI=1S/C27H34Cl3N5O2/c1-16(2)34(21-6-8-23(28)18(5)10-21)12-19-14-36-26(31-19)33-27-32-20(15-37-27)13-35(17(3)4)22-7-9-24(29)25(30)11-22/h6-11,16-17,19-20H,12-15H2,1-5H3,(H,31,32,33). The zero-order valence-corrected chi connectivity index (χ0v) is 24.1. The number of rotatable bonds is 8. The van der Waals surface area contributed by atoms with Crippen LogP contribution in [0.1, 0.15) is 33.3 Å². The second kappa shape index (κ2) is 12.0. The summed E-state index contributed by atoms with van der Waals surface area (Å²) in [5, 5.41) is 4.96. The van der Waals surface area contributed by atoms with Crippen LogP contribution in [0, 0.1) is 6.92 Å². The van der Waals surface area contributed by atoms with E-state index in [1.807, 2.05) is 37.3 Å². The number of anilines is 2. The lowest BCUT2D eigenvalue weighted by Crippen LogP contribution is -2.37. The molecule has 1 N–H and O–H groups in total. The molecule has 2 unspecified atom stereocenters. The first-order valence-electron chi connectivity index (χ1n) is 12.5. The van der Waals surface area contributed by atoms with E-state index in [9.17, 15) is 0 Å². The van der Waals surface area contributed by atoms with Gasteiger partial charge in [0.2, 0.25) is 0 Å². The number of benzene rings is 2. The molecule has 0 amide bonds. The minimum Gasteiger partial charge on any atom is -0.463 e. The molecule has 0 saturated heterocycles. The lowest BCUT2D eigenvalue weighted by atomic mass is 10.1. The normalized spacial score (nSPS) is 19.0. The Kier molecular flexibility index (Phi) is 8.98. The number of hydrogen-bond acceptors (Lipinski definition) is 7. The average Bonchev–Trinajstić information content (AvgIpc) is 3.48. The summed E-state index contributed by atoms with van der Waals surface area (Å²) < 4.78 is 11.6. The summed E-state index contributed by atoms with van der Waals surface area (Å²) in [5.41, 5.74) is 3.17. The van der Waals surface area contributed by atoms with Gasteiger partial charge in [0.25, 0.3) is 12.0 Å². The number of aryl methyl sites for hydroxylation is 1. The van der Waals surface area contributed by atoms with Gasteiger partial charge in [0.15, 0.2) is 0 Å². The van der Waals surface area contributed by atoms with E-state index < -0.39 is 0 Å². The predicted octanol–water partition coefficient (Wildman–Crippen LogP) is 6.18. The molecule has 4 rings (SSSR count). The molecule has 2 aromatic rings. The fourth-order valence-corrected chi connectivity index (χ4v) is 4.81. The van der Waals surface area contributed by atoms with Crippen LogP contribution in [0.2, 0.25) is 15.1 Å². The SMILES string of the molecule is Cc1cc(N(CC2COC(NC3=NC(CN(c4ccc(Cl)c(Cl)c4)C(C)C)CO3)=N2)C(C)C)ccc1Cl. The first kappa shape index (κ1) is 27.7. The van der Waals surface area contributed by atoms with Crippen LogP contribution in [0.5, 0.6) is 0 Å². The molecule has 2 heterocycles. The summed E-state index contributed by atoms with van der Waals surface area (Å²) in [6.07, 6.45) is 0. The third-order valence-corrected chi connectivity index (χ3v) is 7.57. The molecule has 200 valence electrons. The number of aliphatic imine (C=N–C) groups is 2. The Morgan fingerprint density at radius 3 is 1.73 bits per heavy atom. The number of hydrogen-bond donors (Lipinski definition) is 1. The van der Waals surface area contributed by atoms with Crippen molar-refractivity contribution < 1.29 is 9.47 Å². The second-order valence-electron chi connectivity index (χ2n) is 9.95. The lowest BCUT2D eigenvalue weighted by molar-refractivity contribution is 0.291. The Morgan fingerprint density at radius 1 is 0.784 bits per heavy atom. The number of halogens is 3. The minimum atomic E-state index is -0.0401. The van der Waals surface area contributed by atoms with Crippen molar-refractivity contribution in [1.82, 2.24) is 5.32 Å². The Labute approximate surface area is 234 Å². The van der Waals surface area contributed by atoms with Gasteiger partial charge < -0.3 is 19.3 Å². The summed E-state index contributed by atoms with van der Waals surface area (Å²) in [6, 6.07) is 13.1. The third kappa shape index (κ3) is 6.95. The monoisotopic (exact) mass is 565 g/mol. The van der Waals surface area contributed by atoms with Crippen LogP contribution in [0.3, 0.4) is 0 Å². The van der Waals surface area contributed by atoms with Crippen molar-refractivity contribution in [3.8, 4) is 0 Å². The first-order chi connectivity index (χ1) is 17.6. The van der Waals surface area contributed by atoms with Gasteiger partial charge in [-0.25, -0.2) is 9.98 Å². The van der Waals surface area contributed by atoms with Gasteiger partial charge in [-0.3, -0.25) is 5.32 Å². The van der Waals surface area contributed by atoms with E-state index in [0.29, 0.717) is 47.9 Å². The highest BCUT2D eigenvalue weighted by molar-refractivity contribution is 6.42. The van der Waals surface area contributed by atoms with Crippen molar-refractivity contribution in [2.45, 2.75) is 58.8 Å². The maximum absolute atomic E-state index is 6.25. The van der Waals surface area contributed by atoms with Crippen LogP contribution in [-0.2, 0) is 9.47 Å². The smallest absolute Gasteiger partial charge is 0.293 e. The van der Waals surface area contributed by atoms with Crippen LogP contribution in [-0.4, -0.2) is 62.5 Å². The van der Waals surface area contributed by atoms with E-state index in [2.05, 4.69) is 48.9 Å². The van der Waals surface area contributed by atoms with E-state index in [1.54, 1.807) is 0 Å². The molecule has 0 bridgehead atoms. The molecule has 2 aromatic carbocycles. The van der Waals surface area contributed by atoms with Gasteiger partial charge in [0.05, 0.1) is 10.0 Å². The molecule has 0 fully saturated rings. The molecule has 7 nitrogen and oxygen atoms in total. The Hall–Kier alpha value is -2.35. The number of amidine groups is 2. The fourth-order valence-electron chi connectivity index (χ4n) is 4.40. The zero-order chi connectivity index (χ0) is 26.7. The number of ether oxygens (including phenoxy) is 2. The maximum Gasteiger partial charge on any atom is 0.293 e. The zero-order valence-electron chi connectivity index (χ0n) is 21.8. The molecule has 2 aliphatic heterocycles. The van der Waals surface area contributed by atoms with Crippen molar-refractivity contribution in [1.29, 1.82) is 0 Å². The molecule has 0 aromatic heterocycles. The molecular formula is C27H34Cl3N5O2. The molecule has 0 spiro atoms. The highest BCUT2D eigenvalue weighted by Gasteiger charge is 2.28. The van der Waals surface area contributed by atoms with Gasteiger partial charge in [-0.1, -0.05) is 34.8 Å². The van der Waals surface area contributed by atoms with Gasteiger partial charge in [0.1, 0.15) is 25.3 Å². The third-order valence-electron chi connectivity index (χ3n) is 6.41. The van der Waals surface area contributed by atoms with Crippen molar-refractivity contribution in [3.63, 3.8) is 0 Å². The van der Waals surface area contributed by atoms with E-state index in [1.165, 1.54) is 0 Å². The minimum absolute atomic E-state index is 0.00947. The molecule has 2 atom stereocenters. The van der Waals surface area contributed by atoms with E-state index >= 15 is 0 Å². The molecule has 0 saturated carbocycles. The second-order valence-corrected chi connectivity index (χ2v) is 11.2. The topological polar surface area (TPSA) is 61.7 Å². The van der Waals surface area contributed by atoms with Crippen LogP contribution in [0.25, 0.3) is 0 Å². The largest absolute Gasteiger partial charge is 0.463 e. The number of nitrogens with one attached hydrogen (secondary N) is 1. The van der Waals surface area contributed by atoms with Crippen molar-refractivity contribution in [3.05, 3.63) is 57.0 Å². The summed E-state index contributed by atoms with van der Waals surface area (Å²) in [4.78, 5) is 14.0. The Bertz CT molecular complexity index is 1080. The van der Waals surface area contributed by atoms with Crippen LogP contribution >= 0.6 is 34.8 Å². The summed E-state index contributed by atoms with van der Waals surface area (Å²) in [7, 11) is 0. The van der Waals surface area contributed by atoms with Crippen LogP contribution in [0.4, 0.5) is 11.4 Å². The molecular weight excluding hydrogens is 533 g/mol. The van der Waals surface area contributed by atoms with Crippen molar-refractivity contribution in [2.75, 3.05) is 36.1 Å². The maximum atomic E-state index is 6.25. The van der Waals surface area contributed by atoms with Gasteiger partial charge >= 0.3 is 0 Å². The summed E-state index contributed by atoms with van der Waals surface area (Å²) in [5.74, 6) is 0. The van der Waals surface area contributed by atoms with E-state index in [-0.39, 0.29) is 18.1 Å². The van der Waals surface area contributed by atoms with Crippen LogP contribution in [0.15, 0.2) is 46.4 Å². The van der Waals surface area contributed by atoms with Gasteiger partial charge in [-0.05, 0) is 76.6 Å². The van der Waals surface area contributed by atoms with E-state index in [0.717, 1.165) is 28.5 Å².